The molecular formula is C16H16N2O2. The summed E-state index contributed by atoms with van der Waals surface area (Å²) >= 11 is 0. The zero-order chi connectivity index (χ0) is 14.1. The summed E-state index contributed by atoms with van der Waals surface area (Å²) in [6, 6.07) is 13.3. The predicted molar refractivity (Wildman–Crippen MR) is 78.8 cm³/mol. The summed E-state index contributed by atoms with van der Waals surface area (Å²) in [6.07, 6.45) is 0.288. The molecular weight excluding hydrogens is 252 g/mol. The van der Waals surface area contributed by atoms with Gasteiger partial charge < -0.3 is 15.1 Å². The van der Waals surface area contributed by atoms with Gasteiger partial charge in [-0.3, -0.25) is 0 Å². The van der Waals surface area contributed by atoms with Crippen molar-refractivity contribution in [1.29, 1.82) is 0 Å². The molecule has 1 aromatic heterocycles. The van der Waals surface area contributed by atoms with Gasteiger partial charge in [0.25, 0.3) is 0 Å². The maximum absolute atomic E-state index is 11.2. The van der Waals surface area contributed by atoms with Gasteiger partial charge in [0.05, 0.1) is 11.0 Å². The number of aromatic amines is 2. The first kappa shape index (κ1) is 12.7. The van der Waals surface area contributed by atoms with Crippen molar-refractivity contribution in [3.05, 3.63) is 69.6 Å². The smallest absolute Gasteiger partial charge is 0.323 e. The summed E-state index contributed by atoms with van der Waals surface area (Å²) in [4.78, 5) is 16.6. The molecule has 102 valence electrons. The molecule has 2 aromatic carbocycles. The Bertz CT molecular complexity index is 784. The molecule has 0 aliphatic rings. The van der Waals surface area contributed by atoms with E-state index in [1.807, 2.05) is 30.3 Å². The zero-order valence-corrected chi connectivity index (χ0v) is 11.2. The van der Waals surface area contributed by atoms with Crippen LogP contribution in [0.5, 0.6) is 0 Å². The fourth-order valence-electron chi connectivity index (χ4n) is 2.35. The average molecular weight is 268 g/mol. The van der Waals surface area contributed by atoms with Crippen LogP contribution in [0, 0.1) is 0 Å². The molecule has 0 bridgehead atoms. The number of H-pyrrole nitrogens is 2. The number of imidazole rings is 1. The van der Waals surface area contributed by atoms with Crippen molar-refractivity contribution in [2.24, 2.45) is 0 Å². The monoisotopic (exact) mass is 268 g/mol. The molecule has 0 spiro atoms. The van der Waals surface area contributed by atoms with Crippen LogP contribution in [0.25, 0.3) is 11.0 Å². The number of aryl methyl sites for hydroxylation is 1. The van der Waals surface area contributed by atoms with Crippen LogP contribution in [0.15, 0.2) is 47.3 Å². The van der Waals surface area contributed by atoms with Gasteiger partial charge in [-0.2, -0.15) is 0 Å². The second-order valence-corrected chi connectivity index (χ2v) is 4.88. The maximum Gasteiger partial charge on any atom is 0.323 e. The first-order valence-corrected chi connectivity index (χ1v) is 6.66. The minimum atomic E-state index is -0.691. The Morgan fingerprint density at radius 2 is 1.65 bits per heavy atom. The summed E-state index contributed by atoms with van der Waals surface area (Å²) in [6.45, 7) is 2.10. The fraction of sp³-hybridized carbons (Fsp3) is 0.188. The number of aliphatic hydroxyl groups excluding tert-OH is 1. The molecule has 0 amide bonds. The second kappa shape index (κ2) is 4.98. The van der Waals surface area contributed by atoms with E-state index < -0.39 is 6.10 Å². The van der Waals surface area contributed by atoms with Crippen LogP contribution in [0.2, 0.25) is 0 Å². The SMILES string of the molecule is CCc1ccc(C(O)c2ccc3[nH]c(=O)[nH]c3c2)cc1. The first-order chi connectivity index (χ1) is 9.67. The maximum atomic E-state index is 11.2. The van der Waals surface area contributed by atoms with Crippen molar-refractivity contribution in [3.8, 4) is 0 Å². The van der Waals surface area contributed by atoms with E-state index in [-0.39, 0.29) is 5.69 Å². The van der Waals surface area contributed by atoms with E-state index in [1.54, 1.807) is 12.1 Å². The number of benzene rings is 2. The third-order valence-electron chi connectivity index (χ3n) is 3.56. The Morgan fingerprint density at radius 3 is 2.35 bits per heavy atom. The van der Waals surface area contributed by atoms with E-state index in [2.05, 4.69) is 16.9 Å². The highest BCUT2D eigenvalue weighted by Crippen LogP contribution is 2.24. The fourth-order valence-corrected chi connectivity index (χ4v) is 2.35. The summed E-state index contributed by atoms with van der Waals surface area (Å²) in [5.41, 5.74) is 4.06. The lowest BCUT2D eigenvalue weighted by Gasteiger charge is -2.12. The number of nitrogens with one attached hydrogen (secondary N) is 2. The molecule has 0 aliphatic carbocycles. The molecule has 4 nitrogen and oxygen atoms in total. The third kappa shape index (κ3) is 2.26. The van der Waals surface area contributed by atoms with Gasteiger partial charge in [0.1, 0.15) is 6.10 Å². The van der Waals surface area contributed by atoms with Gasteiger partial charge in [0, 0.05) is 0 Å². The molecule has 0 fully saturated rings. The van der Waals surface area contributed by atoms with Crippen LogP contribution in [-0.2, 0) is 6.42 Å². The molecule has 4 heteroatoms. The van der Waals surface area contributed by atoms with Gasteiger partial charge in [-0.1, -0.05) is 37.3 Å². The minimum Gasteiger partial charge on any atom is -0.384 e. The molecule has 3 N–H and O–H groups in total. The van der Waals surface area contributed by atoms with Crippen molar-refractivity contribution < 1.29 is 5.11 Å². The average Bonchev–Trinajstić information content (AvgIpc) is 2.85. The third-order valence-corrected chi connectivity index (χ3v) is 3.56. The van der Waals surface area contributed by atoms with Gasteiger partial charge in [-0.05, 0) is 35.2 Å². The summed E-state index contributed by atoms with van der Waals surface area (Å²) in [7, 11) is 0. The van der Waals surface area contributed by atoms with E-state index in [0.29, 0.717) is 5.52 Å². The molecule has 3 rings (SSSR count). The van der Waals surface area contributed by atoms with Crippen LogP contribution in [0.1, 0.15) is 29.7 Å². The largest absolute Gasteiger partial charge is 0.384 e. The summed E-state index contributed by atoms with van der Waals surface area (Å²) in [5, 5.41) is 10.4. The lowest BCUT2D eigenvalue weighted by atomic mass is 9.99. The van der Waals surface area contributed by atoms with Crippen molar-refractivity contribution in [2.75, 3.05) is 0 Å². The van der Waals surface area contributed by atoms with Crippen LogP contribution in [-0.4, -0.2) is 15.1 Å². The standard InChI is InChI=1S/C16H16N2O2/c1-2-10-3-5-11(6-4-10)15(19)12-7-8-13-14(9-12)18-16(20)17-13/h3-9,15,19H,2H2,1H3,(H2,17,18,20). The van der Waals surface area contributed by atoms with Crippen LogP contribution < -0.4 is 5.69 Å². The van der Waals surface area contributed by atoms with Gasteiger partial charge >= 0.3 is 5.69 Å². The Balaban J connectivity index is 1.97. The van der Waals surface area contributed by atoms with E-state index in [0.717, 1.165) is 23.1 Å². The van der Waals surface area contributed by atoms with Gasteiger partial charge in [0.2, 0.25) is 0 Å². The first-order valence-electron chi connectivity index (χ1n) is 6.66. The number of aliphatic hydroxyl groups is 1. The van der Waals surface area contributed by atoms with Gasteiger partial charge in [-0.25, -0.2) is 4.79 Å². The molecule has 0 saturated carbocycles. The molecule has 1 heterocycles. The van der Waals surface area contributed by atoms with Crippen molar-refractivity contribution in [2.45, 2.75) is 19.4 Å². The highest BCUT2D eigenvalue weighted by atomic mass is 16.3. The predicted octanol–water partition coefficient (Wildman–Crippen LogP) is 2.50. The molecule has 20 heavy (non-hydrogen) atoms. The van der Waals surface area contributed by atoms with Crippen LogP contribution >= 0.6 is 0 Å². The number of rotatable bonds is 3. The molecule has 3 aromatic rings. The van der Waals surface area contributed by atoms with Gasteiger partial charge in [-0.15, -0.1) is 0 Å². The van der Waals surface area contributed by atoms with Gasteiger partial charge in [0.15, 0.2) is 0 Å². The number of aromatic nitrogens is 2. The van der Waals surface area contributed by atoms with E-state index in [1.165, 1.54) is 5.56 Å². The minimum absolute atomic E-state index is 0.237. The highest BCUT2D eigenvalue weighted by molar-refractivity contribution is 5.75. The molecule has 1 unspecified atom stereocenters. The van der Waals surface area contributed by atoms with E-state index >= 15 is 0 Å². The molecule has 0 radical (unpaired) electrons. The van der Waals surface area contributed by atoms with E-state index in [9.17, 15) is 9.90 Å². The quantitative estimate of drug-likeness (QED) is 0.683. The van der Waals surface area contributed by atoms with Crippen molar-refractivity contribution in [1.82, 2.24) is 9.97 Å². The normalized spacial score (nSPS) is 12.7. The number of fused-ring (bicyclic) bond motifs is 1. The van der Waals surface area contributed by atoms with Crippen molar-refractivity contribution >= 4 is 11.0 Å². The van der Waals surface area contributed by atoms with Crippen molar-refractivity contribution in [3.63, 3.8) is 0 Å². The molecule has 1 atom stereocenters. The zero-order valence-electron chi connectivity index (χ0n) is 11.2. The topological polar surface area (TPSA) is 68.9 Å². The van der Waals surface area contributed by atoms with Crippen LogP contribution in [0.4, 0.5) is 0 Å². The highest BCUT2D eigenvalue weighted by Gasteiger charge is 2.11. The number of hydrogen-bond acceptors (Lipinski definition) is 2. The molecule has 0 saturated heterocycles. The Morgan fingerprint density at radius 1 is 1.00 bits per heavy atom. The Hall–Kier alpha value is -2.33. The van der Waals surface area contributed by atoms with Crippen LogP contribution in [0.3, 0.4) is 0 Å². The lowest BCUT2D eigenvalue weighted by Crippen LogP contribution is -2.00. The lowest BCUT2D eigenvalue weighted by molar-refractivity contribution is 0.220. The second-order valence-electron chi connectivity index (χ2n) is 4.88. The molecule has 0 aliphatic heterocycles. The Labute approximate surface area is 116 Å². The van der Waals surface area contributed by atoms with E-state index in [4.69, 9.17) is 0 Å². The Kier molecular flexibility index (Phi) is 3.16. The summed E-state index contributed by atoms with van der Waals surface area (Å²) in [5.74, 6) is 0. The summed E-state index contributed by atoms with van der Waals surface area (Å²) < 4.78 is 0. The number of hydrogen-bond donors (Lipinski definition) is 3.